The van der Waals surface area contributed by atoms with E-state index < -0.39 is 0 Å². The van der Waals surface area contributed by atoms with Crippen molar-refractivity contribution in [2.75, 3.05) is 5.32 Å². The van der Waals surface area contributed by atoms with Gasteiger partial charge in [-0.25, -0.2) is 9.97 Å². The number of hydrogen-bond donors (Lipinski definition) is 2. The van der Waals surface area contributed by atoms with Crippen molar-refractivity contribution >= 4 is 5.82 Å². The molecule has 0 radical (unpaired) electrons. The molecule has 0 spiro atoms. The molecular weight excluding hydrogens is 250 g/mol. The van der Waals surface area contributed by atoms with Crippen LogP contribution < -0.4 is 10.6 Å². The lowest BCUT2D eigenvalue weighted by molar-refractivity contribution is 0.444. The van der Waals surface area contributed by atoms with Gasteiger partial charge in [0.25, 0.3) is 0 Å². The minimum absolute atomic E-state index is 0.583. The summed E-state index contributed by atoms with van der Waals surface area (Å²) in [7, 11) is 0. The van der Waals surface area contributed by atoms with Gasteiger partial charge in [-0.3, -0.25) is 4.98 Å². The van der Waals surface area contributed by atoms with Crippen LogP contribution in [-0.2, 0) is 13.1 Å². The molecule has 1 fully saturated rings. The van der Waals surface area contributed by atoms with Crippen LogP contribution in [0.25, 0.3) is 11.4 Å². The van der Waals surface area contributed by atoms with Crippen molar-refractivity contribution < 1.29 is 0 Å². The van der Waals surface area contributed by atoms with Crippen molar-refractivity contribution in [2.45, 2.75) is 38.4 Å². The van der Waals surface area contributed by atoms with Crippen LogP contribution in [0, 0.1) is 0 Å². The van der Waals surface area contributed by atoms with Crippen LogP contribution in [0.1, 0.15) is 30.5 Å². The number of anilines is 1. The summed E-state index contributed by atoms with van der Waals surface area (Å²) in [4.78, 5) is 13.5. The minimum Gasteiger partial charge on any atom is -0.367 e. The number of hydrogen-bond acceptors (Lipinski definition) is 5. The summed E-state index contributed by atoms with van der Waals surface area (Å²) in [5, 5.41) is 6.94. The monoisotopic (exact) mass is 267 g/mol. The first-order valence-corrected chi connectivity index (χ1v) is 7.17. The molecule has 2 aromatic rings. The lowest BCUT2D eigenvalue weighted by Crippen LogP contribution is -2.28. The zero-order valence-electron chi connectivity index (χ0n) is 11.3. The van der Waals surface area contributed by atoms with Gasteiger partial charge >= 0.3 is 0 Å². The molecule has 3 heterocycles. The third kappa shape index (κ3) is 2.04. The van der Waals surface area contributed by atoms with Crippen LogP contribution in [0.5, 0.6) is 0 Å². The lowest BCUT2D eigenvalue weighted by atomic mass is 9.93. The molecule has 0 aromatic carbocycles. The first-order valence-electron chi connectivity index (χ1n) is 7.17. The number of nitrogens with one attached hydrogen (secondary N) is 2. The van der Waals surface area contributed by atoms with Crippen molar-refractivity contribution in [1.82, 2.24) is 20.3 Å². The zero-order chi connectivity index (χ0) is 13.4. The van der Waals surface area contributed by atoms with E-state index in [-0.39, 0.29) is 0 Å². The quantitative estimate of drug-likeness (QED) is 0.891. The number of nitrogens with zero attached hydrogens (tertiary/aromatic N) is 3. The average Bonchev–Trinajstić information content (AvgIpc) is 2.92. The fourth-order valence-corrected chi connectivity index (χ4v) is 2.66. The lowest BCUT2D eigenvalue weighted by Gasteiger charge is -2.28. The Kier molecular flexibility index (Phi) is 2.85. The van der Waals surface area contributed by atoms with E-state index in [9.17, 15) is 0 Å². The summed E-state index contributed by atoms with van der Waals surface area (Å²) in [6.07, 6.45) is 7.38. The summed E-state index contributed by atoms with van der Waals surface area (Å²) in [6, 6.07) is 4.49. The molecule has 5 heteroatoms. The van der Waals surface area contributed by atoms with Gasteiger partial charge in [-0.05, 0) is 31.4 Å². The normalized spacial score (nSPS) is 17.6. The number of fused-ring (bicyclic) bond motifs is 1. The summed E-state index contributed by atoms with van der Waals surface area (Å²) in [6.45, 7) is 1.69. The Bertz CT molecular complexity index is 622. The highest BCUT2D eigenvalue weighted by atomic mass is 15.1. The van der Waals surface area contributed by atoms with Gasteiger partial charge in [-0.1, -0.05) is 0 Å². The summed E-state index contributed by atoms with van der Waals surface area (Å²) in [5.41, 5.74) is 3.37. The second-order valence-corrected chi connectivity index (χ2v) is 5.43. The van der Waals surface area contributed by atoms with Gasteiger partial charge < -0.3 is 10.6 Å². The predicted octanol–water partition coefficient (Wildman–Crippen LogP) is 2.11. The van der Waals surface area contributed by atoms with Crippen molar-refractivity contribution in [3.05, 3.63) is 35.8 Å². The molecule has 0 bridgehead atoms. The molecule has 5 nitrogen and oxygen atoms in total. The molecule has 102 valence electrons. The molecule has 1 saturated carbocycles. The van der Waals surface area contributed by atoms with Crippen LogP contribution in [0.15, 0.2) is 24.5 Å². The van der Waals surface area contributed by atoms with Gasteiger partial charge in [-0.2, -0.15) is 0 Å². The van der Waals surface area contributed by atoms with Crippen LogP contribution in [0.4, 0.5) is 5.82 Å². The molecule has 0 unspecified atom stereocenters. The minimum atomic E-state index is 0.583. The van der Waals surface area contributed by atoms with E-state index in [1.807, 2.05) is 12.1 Å². The molecule has 2 aromatic heterocycles. The maximum absolute atomic E-state index is 4.75. The second-order valence-electron chi connectivity index (χ2n) is 5.43. The summed E-state index contributed by atoms with van der Waals surface area (Å²) >= 11 is 0. The predicted molar refractivity (Wildman–Crippen MR) is 77.1 cm³/mol. The molecule has 0 saturated heterocycles. The molecule has 0 atom stereocenters. The van der Waals surface area contributed by atoms with Gasteiger partial charge in [-0.15, -0.1) is 0 Å². The largest absolute Gasteiger partial charge is 0.367 e. The second kappa shape index (κ2) is 4.83. The van der Waals surface area contributed by atoms with E-state index in [0.29, 0.717) is 6.04 Å². The first kappa shape index (κ1) is 11.8. The van der Waals surface area contributed by atoms with E-state index in [4.69, 9.17) is 9.97 Å². The van der Waals surface area contributed by atoms with Crippen LogP contribution >= 0.6 is 0 Å². The molecule has 4 rings (SSSR count). The SMILES string of the molecule is c1cc(-c2nc3c(c(NC4CCC4)n2)CNC3)ccn1. The number of pyridine rings is 1. The Balaban J connectivity index is 1.75. The Labute approximate surface area is 117 Å². The molecule has 1 aliphatic carbocycles. The third-order valence-corrected chi connectivity index (χ3v) is 4.07. The average molecular weight is 267 g/mol. The Morgan fingerprint density at radius 3 is 2.70 bits per heavy atom. The first-order chi connectivity index (χ1) is 9.90. The van der Waals surface area contributed by atoms with E-state index in [1.54, 1.807) is 12.4 Å². The van der Waals surface area contributed by atoms with E-state index in [0.717, 1.165) is 36.0 Å². The van der Waals surface area contributed by atoms with Gasteiger partial charge in [0.05, 0.1) is 5.69 Å². The zero-order valence-corrected chi connectivity index (χ0v) is 11.3. The smallest absolute Gasteiger partial charge is 0.161 e. The fraction of sp³-hybridized carbons (Fsp3) is 0.400. The fourth-order valence-electron chi connectivity index (χ4n) is 2.66. The highest BCUT2D eigenvalue weighted by Gasteiger charge is 2.23. The van der Waals surface area contributed by atoms with Crippen molar-refractivity contribution in [3.63, 3.8) is 0 Å². The molecule has 0 amide bonds. The molecule has 2 aliphatic rings. The topological polar surface area (TPSA) is 62.7 Å². The summed E-state index contributed by atoms with van der Waals surface area (Å²) < 4.78 is 0. The van der Waals surface area contributed by atoms with Gasteiger partial charge in [0, 0.05) is 42.7 Å². The van der Waals surface area contributed by atoms with Crippen LogP contribution in [0.2, 0.25) is 0 Å². The van der Waals surface area contributed by atoms with E-state index in [2.05, 4.69) is 15.6 Å². The van der Waals surface area contributed by atoms with E-state index in [1.165, 1.54) is 24.8 Å². The van der Waals surface area contributed by atoms with Crippen molar-refractivity contribution in [2.24, 2.45) is 0 Å². The van der Waals surface area contributed by atoms with E-state index >= 15 is 0 Å². The highest BCUT2D eigenvalue weighted by Crippen LogP contribution is 2.29. The molecule has 1 aliphatic heterocycles. The molecule has 2 N–H and O–H groups in total. The maximum atomic E-state index is 4.75. The van der Waals surface area contributed by atoms with Gasteiger partial charge in [0.1, 0.15) is 5.82 Å². The van der Waals surface area contributed by atoms with Gasteiger partial charge in [0.15, 0.2) is 5.82 Å². The number of rotatable bonds is 3. The van der Waals surface area contributed by atoms with Crippen molar-refractivity contribution in [3.8, 4) is 11.4 Å². The van der Waals surface area contributed by atoms with Crippen molar-refractivity contribution in [1.29, 1.82) is 0 Å². The standard InChI is InChI=1S/C15H17N5/c1-2-11(3-1)18-15-12-8-17-9-13(12)19-14(20-15)10-4-6-16-7-5-10/h4-7,11,17H,1-3,8-9H2,(H,18,19,20). The Hall–Kier alpha value is -2.01. The van der Waals surface area contributed by atoms with Crippen LogP contribution in [-0.4, -0.2) is 21.0 Å². The molecule has 20 heavy (non-hydrogen) atoms. The highest BCUT2D eigenvalue weighted by molar-refractivity contribution is 5.60. The molecular formula is C15H17N5. The Morgan fingerprint density at radius 1 is 1.10 bits per heavy atom. The van der Waals surface area contributed by atoms with Gasteiger partial charge in [0.2, 0.25) is 0 Å². The van der Waals surface area contributed by atoms with Crippen LogP contribution in [0.3, 0.4) is 0 Å². The summed E-state index contributed by atoms with van der Waals surface area (Å²) in [5.74, 6) is 1.80. The maximum Gasteiger partial charge on any atom is 0.161 e. The Morgan fingerprint density at radius 2 is 1.95 bits per heavy atom. The third-order valence-electron chi connectivity index (χ3n) is 4.07. The number of aromatic nitrogens is 3.